The molecule has 0 bridgehead atoms. The molecule has 0 spiro atoms. The van der Waals surface area contributed by atoms with Crippen molar-refractivity contribution in [1.82, 2.24) is 14.8 Å². The summed E-state index contributed by atoms with van der Waals surface area (Å²) in [7, 11) is 1.26. The molecule has 27 heavy (non-hydrogen) atoms. The summed E-state index contributed by atoms with van der Waals surface area (Å²) in [6, 6.07) is 4.76. The molecule has 0 aliphatic rings. The van der Waals surface area contributed by atoms with E-state index in [4.69, 9.17) is 4.74 Å². The van der Waals surface area contributed by atoms with Crippen LogP contribution in [0.25, 0.3) is 15.6 Å². The third-order valence-electron chi connectivity index (χ3n) is 3.60. The van der Waals surface area contributed by atoms with Gasteiger partial charge in [-0.1, -0.05) is 23.5 Å². The minimum atomic E-state index is -4.40. The minimum absolute atomic E-state index is 0.176. The van der Waals surface area contributed by atoms with E-state index in [0.717, 1.165) is 12.1 Å². The summed E-state index contributed by atoms with van der Waals surface area (Å²) in [4.78, 5) is 17.0. The van der Waals surface area contributed by atoms with Gasteiger partial charge in [-0.25, -0.2) is 9.78 Å². The first-order chi connectivity index (χ1) is 12.6. The van der Waals surface area contributed by atoms with Crippen LogP contribution in [0, 0.1) is 6.92 Å². The highest BCUT2D eigenvalue weighted by molar-refractivity contribution is 9.10. The van der Waals surface area contributed by atoms with E-state index in [0.29, 0.717) is 30.3 Å². The van der Waals surface area contributed by atoms with E-state index in [-0.39, 0.29) is 5.69 Å². The predicted octanol–water partition coefficient (Wildman–Crippen LogP) is 5.63. The Kier molecular flexibility index (Phi) is 5.46. The van der Waals surface area contributed by atoms with Gasteiger partial charge in [0.15, 0.2) is 5.69 Å². The summed E-state index contributed by atoms with van der Waals surface area (Å²) >= 11 is 7.81. The number of rotatable bonds is 3. The summed E-state index contributed by atoms with van der Waals surface area (Å²) in [5.41, 5.74) is 0.570. The Morgan fingerprint density at radius 3 is 2.41 bits per heavy atom. The van der Waals surface area contributed by atoms with Crippen molar-refractivity contribution in [2.24, 2.45) is 0 Å². The number of carbonyl (C=O) groups is 1. The van der Waals surface area contributed by atoms with Gasteiger partial charge in [0, 0.05) is 0 Å². The van der Waals surface area contributed by atoms with Crippen molar-refractivity contribution in [2.45, 2.75) is 13.1 Å². The highest BCUT2D eigenvalue weighted by atomic mass is 79.9. The summed E-state index contributed by atoms with van der Waals surface area (Å²) in [5.74, 6) is -0.593. The molecule has 3 rings (SSSR count). The van der Waals surface area contributed by atoms with Gasteiger partial charge in [-0.05, 0) is 56.5 Å². The lowest BCUT2D eigenvalue weighted by molar-refractivity contribution is -0.137. The van der Waals surface area contributed by atoms with Crippen molar-refractivity contribution in [3.05, 3.63) is 50.3 Å². The second-order valence-electron chi connectivity index (χ2n) is 5.34. The Hall–Kier alpha value is -1.72. The molecular formula is C16H10Br2F3N3O2S. The summed E-state index contributed by atoms with van der Waals surface area (Å²) in [6.07, 6.45) is -4.40. The van der Waals surface area contributed by atoms with Gasteiger partial charge in [-0.2, -0.15) is 23.0 Å². The van der Waals surface area contributed by atoms with Gasteiger partial charge in [-0.3, -0.25) is 0 Å². The largest absolute Gasteiger partial charge is 0.464 e. The quantitative estimate of drug-likeness (QED) is 0.416. The first-order valence-corrected chi connectivity index (χ1v) is 9.71. The molecule has 0 fully saturated rings. The lowest BCUT2D eigenvalue weighted by Gasteiger charge is -2.06. The molecule has 2 heterocycles. The highest BCUT2D eigenvalue weighted by Gasteiger charge is 2.30. The van der Waals surface area contributed by atoms with Crippen LogP contribution in [0.5, 0.6) is 0 Å². The number of thiazole rings is 1. The van der Waals surface area contributed by atoms with Crippen LogP contribution in [0.3, 0.4) is 0 Å². The maximum Gasteiger partial charge on any atom is 0.416 e. The number of alkyl halides is 3. The van der Waals surface area contributed by atoms with Gasteiger partial charge in [0.25, 0.3) is 0 Å². The lowest BCUT2D eigenvalue weighted by atomic mass is 10.1. The molecule has 0 aliphatic heterocycles. The van der Waals surface area contributed by atoms with Crippen LogP contribution in [0.4, 0.5) is 13.2 Å². The topological polar surface area (TPSA) is 57.0 Å². The Labute approximate surface area is 172 Å². The third kappa shape index (κ3) is 3.81. The standard InChI is InChI=1S/C16H10Br2F3N3O2S/c1-7-10(17)11(14(25)26-2)24(23-7)15-22-13(18)12(27-15)8-3-5-9(6-4-8)16(19,20)21/h3-6H,1-2H3. The van der Waals surface area contributed by atoms with Crippen LogP contribution in [0.2, 0.25) is 0 Å². The Bertz CT molecular complexity index is 1010. The van der Waals surface area contributed by atoms with Crippen molar-refractivity contribution < 1.29 is 22.7 Å². The van der Waals surface area contributed by atoms with Crippen molar-refractivity contribution >= 4 is 49.2 Å². The molecule has 2 aromatic heterocycles. The first kappa shape index (κ1) is 20.0. The molecule has 142 valence electrons. The van der Waals surface area contributed by atoms with Gasteiger partial charge in [0.1, 0.15) is 4.60 Å². The fourth-order valence-electron chi connectivity index (χ4n) is 2.29. The minimum Gasteiger partial charge on any atom is -0.464 e. The highest BCUT2D eigenvalue weighted by Crippen LogP contribution is 2.38. The molecule has 0 saturated heterocycles. The number of halogens is 5. The number of methoxy groups -OCH3 is 1. The van der Waals surface area contributed by atoms with Crippen LogP contribution >= 0.6 is 43.2 Å². The van der Waals surface area contributed by atoms with E-state index in [1.165, 1.54) is 35.3 Å². The smallest absolute Gasteiger partial charge is 0.416 e. The number of aryl methyl sites for hydroxylation is 1. The monoisotopic (exact) mass is 523 g/mol. The Morgan fingerprint density at radius 1 is 1.22 bits per heavy atom. The van der Waals surface area contributed by atoms with Gasteiger partial charge >= 0.3 is 12.1 Å². The van der Waals surface area contributed by atoms with E-state index in [1.807, 2.05) is 0 Å². The van der Waals surface area contributed by atoms with Crippen LogP contribution < -0.4 is 0 Å². The molecule has 1 aromatic carbocycles. The number of hydrogen-bond donors (Lipinski definition) is 0. The normalized spacial score (nSPS) is 11.7. The number of esters is 1. The predicted molar refractivity (Wildman–Crippen MR) is 101 cm³/mol. The van der Waals surface area contributed by atoms with Gasteiger partial charge in [-0.15, -0.1) is 0 Å². The molecule has 3 aromatic rings. The van der Waals surface area contributed by atoms with Crippen molar-refractivity contribution in [1.29, 1.82) is 0 Å². The average molecular weight is 525 g/mol. The first-order valence-electron chi connectivity index (χ1n) is 7.31. The number of ether oxygens (including phenoxy) is 1. The van der Waals surface area contributed by atoms with Crippen LogP contribution in [-0.2, 0) is 10.9 Å². The van der Waals surface area contributed by atoms with E-state index in [2.05, 4.69) is 41.9 Å². The number of aromatic nitrogens is 3. The SMILES string of the molecule is COC(=O)c1c(Br)c(C)nn1-c1nc(Br)c(-c2ccc(C(F)(F)F)cc2)s1. The summed E-state index contributed by atoms with van der Waals surface area (Å²) in [6.45, 7) is 1.71. The molecular weight excluding hydrogens is 515 g/mol. The van der Waals surface area contributed by atoms with Crippen LogP contribution in [0.15, 0.2) is 33.3 Å². The molecule has 0 atom stereocenters. The molecule has 11 heteroatoms. The Balaban J connectivity index is 2.06. The second-order valence-corrected chi connectivity index (χ2v) is 7.86. The van der Waals surface area contributed by atoms with Gasteiger partial charge in [0.05, 0.1) is 27.7 Å². The molecule has 0 unspecified atom stereocenters. The second kappa shape index (κ2) is 7.36. The average Bonchev–Trinajstić information content (AvgIpc) is 3.14. The molecule has 5 nitrogen and oxygen atoms in total. The van der Waals surface area contributed by atoms with Crippen molar-refractivity contribution in [3.8, 4) is 15.6 Å². The number of hydrogen-bond acceptors (Lipinski definition) is 5. The fraction of sp³-hybridized carbons (Fsp3) is 0.188. The number of benzene rings is 1. The maximum atomic E-state index is 12.7. The molecule has 0 aliphatic carbocycles. The zero-order valence-corrected chi connectivity index (χ0v) is 17.8. The van der Waals surface area contributed by atoms with Crippen LogP contribution in [-0.4, -0.2) is 27.8 Å². The van der Waals surface area contributed by atoms with E-state index >= 15 is 0 Å². The maximum absolute atomic E-state index is 12.7. The third-order valence-corrected chi connectivity index (χ3v) is 6.46. The summed E-state index contributed by atoms with van der Waals surface area (Å²) < 4.78 is 45.3. The molecule has 0 radical (unpaired) electrons. The van der Waals surface area contributed by atoms with E-state index in [9.17, 15) is 18.0 Å². The van der Waals surface area contributed by atoms with Crippen molar-refractivity contribution in [3.63, 3.8) is 0 Å². The van der Waals surface area contributed by atoms with Gasteiger partial charge < -0.3 is 4.74 Å². The molecule has 0 N–H and O–H groups in total. The van der Waals surface area contributed by atoms with E-state index in [1.54, 1.807) is 6.92 Å². The van der Waals surface area contributed by atoms with Gasteiger partial charge in [0.2, 0.25) is 5.13 Å². The number of nitrogens with zero attached hydrogens (tertiary/aromatic N) is 3. The lowest BCUT2D eigenvalue weighted by Crippen LogP contribution is -2.10. The zero-order chi connectivity index (χ0) is 19.9. The number of carbonyl (C=O) groups excluding carboxylic acids is 1. The fourth-order valence-corrected chi connectivity index (χ4v) is 4.38. The van der Waals surface area contributed by atoms with Crippen molar-refractivity contribution in [2.75, 3.05) is 7.11 Å². The Morgan fingerprint density at radius 2 is 1.85 bits per heavy atom. The molecule has 0 amide bonds. The summed E-state index contributed by atoms with van der Waals surface area (Å²) in [5, 5.41) is 4.66. The molecule has 0 saturated carbocycles. The zero-order valence-electron chi connectivity index (χ0n) is 13.8. The van der Waals surface area contributed by atoms with Crippen LogP contribution in [0.1, 0.15) is 21.7 Å². The van der Waals surface area contributed by atoms with E-state index < -0.39 is 17.7 Å².